The number of piperidine rings is 4. The van der Waals surface area contributed by atoms with E-state index < -0.39 is 11.1 Å². The molecule has 0 bridgehead atoms. The van der Waals surface area contributed by atoms with Crippen LogP contribution in [0.3, 0.4) is 0 Å². The van der Waals surface area contributed by atoms with Gasteiger partial charge in [-0.1, -0.05) is 82.9 Å². The number of aliphatic hydroxyl groups excluding tert-OH is 1. The molecule has 15 heteroatoms. The highest BCUT2D eigenvalue weighted by atomic mass is 16.7. The number of esters is 3. The molecule has 3 N–H and O–H groups in total. The molecule has 0 unspecified atom stereocenters. The molecule has 1 aromatic rings. The Kier molecular flexibility index (Phi) is 26.1. The quantitative estimate of drug-likeness (QED) is 0.0569. The summed E-state index contributed by atoms with van der Waals surface area (Å²) in [7, 11) is 1.71. The van der Waals surface area contributed by atoms with E-state index >= 15 is 0 Å². The van der Waals surface area contributed by atoms with Gasteiger partial charge in [-0.05, 0) is 155 Å². The van der Waals surface area contributed by atoms with Crippen molar-refractivity contribution in [1.82, 2.24) is 20.3 Å². The number of hydrogen-bond donors (Lipinski definition) is 3. The number of carbonyl (C=O) groups excluding carboxylic acids is 3. The molecule has 4 aliphatic rings. The SMILES string of the molecule is CC1(C)CC(O)CC(C)(C)N1O.CC1(C)CC(OC(=O)c2ccccc2)CC(C)(C)N1O.CCCCCCCCON1C(C)(C)CC(OC(=O)CCCCCCCCC(=O)OC2CC(C)(C)N(OC)C(C)(C)C2)CC1(C)C. The Morgan fingerprint density at radius 2 is 0.805 bits per heavy atom. The second-order valence-corrected chi connectivity index (χ2v) is 28.0. The van der Waals surface area contributed by atoms with E-state index in [1.807, 2.05) is 78.7 Å². The molecule has 0 aromatic heterocycles. The van der Waals surface area contributed by atoms with Crippen molar-refractivity contribution in [2.24, 2.45) is 0 Å². The summed E-state index contributed by atoms with van der Waals surface area (Å²) < 4.78 is 17.5. The highest BCUT2D eigenvalue weighted by Gasteiger charge is 2.50. The maximum Gasteiger partial charge on any atom is 0.338 e. The number of hydroxylamine groups is 8. The molecule has 0 saturated carbocycles. The first-order chi connectivity index (χ1) is 35.5. The fourth-order valence-electron chi connectivity index (χ4n) is 13.4. The molecule has 0 atom stereocenters. The minimum absolute atomic E-state index is 0.0819. The van der Waals surface area contributed by atoms with E-state index in [1.54, 1.807) is 19.2 Å². The molecule has 5 rings (SSSR count). The maximum absolute atomic E-state index is 12.7. The number of unbranched alkanes of at least 4 members (excludes halogenated alkanes) is 10. The van der Waals surface area contributed by atoms with Gasteiger partial charge in [-0.15, -0.1) is 0 Å². The van der Waals surface area contributed by atoms with E-state index in [9.17, 15) is 29.9 Å². The normalized spacial score (nSPS) is 23.4. The first-order valence-corrected chi connectivity index (χ1v) is 29.6. The summed E-state index contributed by atoms with van der Waals surface area (Å²) in [4.78, 5) is 49.3. The van der Waals surface area contributed by atoms with Gasteiger partial charge in [0, 0.05) is 95.7 Å². The average Bonchev–Trinajstić information content (AvgIpc) is 3.28. The van der Waals surface area contributed by atoms with E-state index in [1.165, 1.54) is 42.2 Å². The van der Waals surface area contributed by atoms with Crippen LogP contribution in [0.15, 0.2) is 30.3 Å². The highest BCUT2D eigenvalue weighted by Crippen LogP contribution is 2.42. The Bertz CT molecular complexity index is 1860. The molecule has 0 amide bonds. The summed E-state index contributed by atoms with van der Waals surface area (Å²) in [5.74, 6) is -0.478. The minimum Gasteiger partial charge on any atom is -0.462 e. The predicted octanol–water partition coefficient (Wildman–Crippen LogP) is 13.7. The number of rotatable bonds is 22. The summed E-state index contributed by atoms with van der Waals surface area (Å²) in [5.41, 5.74) is -1.68. The van der Waals surface area contributed by atoms with Gasteiger partial charge in [-0.25, -0.2) is 4.79 Å². The standard InChI is InChI=1S/C37H70N2O6.C16H23NO3.C9H19NO2/c1-11-12-13-14-19-22-25-43-39-36(6,7)28-31(29-37(39,8)9)45-33(41)24-21-18-16-15-17-20-23-32(40)44-30-26-34(2,3)38(42-10)35(4,5)27-30;1-15(2)10-13(11-16(3,4)17(15)19)20-14(18)12-8-6-5-7-9-12;1-8(2)5-7(11)6-9(3,4)10(8)12/h30-31H,11-29H2,1-10H3;5-9,13,19H,10-11H2,1-4H3;7,11-12H,5-6H2,1-4H3. The Labute approximate surface area is 467 Å². The van der Waals surface area contributed by atoms with Gasteiger partial charge >= 0.3 is 17.9 Å². The summed E-state index contributed by atoms with van der Waals surface area (Å²) in [6.07, 6.45) is 19.2. The van der Waals surface area contributed by atoms with Gasteiger partial charge in [0.25, 0.3) is 0 Å². The van der Waals surface area contributed by atoms with Gasteiger partial charge in [-0.3, -0.25) is 14.4 Å². The number of aliphatic hydroxyl groups is 1. The van der Waals surface area contributed by atoms with Crippen LogP contribution in [0.1, 0.15) is 269 Å². The molecule has 4 heterocycles. The second-order valence-electron chi connectivity index (χ2n) is 28.0. The highest BCUT2D eigenvalue weighted by molar-refractivity contribution is 5.89. The van der Waals surface area contributed by atoms with Crippen molar-refractivity contribution in [1.29, 1.82) is 0 Å². The lowest BCUT2D eigenvalue weighted by molar-refractivity contribution is -0.293. The average molecular weight is 1090 g/mol. The fraction of sp³-hybridized carbons (Fsp3) is 0.855. The van der Waals surface area contributed by atoms with Crippen molar-refractivity contribution in [2.75, 3.05) is 13.7 Å². The zero-order valence-electron chi connectivity index (χ0n) is 51.9. The van der Waals surface area contributed by atoms with Crippen molar-refractivity contribution in [2.45, 2.75) is 328 Å². The minimum atomic E-state index is -0.413. The molecule has 4 aliphatic heterocycles. The molecule has 0 spiro atoms. The first-order valence-electron chi connectivity index (χ1n) is 29.6. The van der Waals surface area contributed by atoms with Crippen molar-refractivity contribution < 1.29 is 53.8 Å². The summed E-state index contributed by atoms with van der Waals surface area (Å²) in [6.45, 7) is 35.9. The maximum atomic E-state index is 12.7. The fourth-order valence-corrected chi connectivity index (χ4v) is 13.4. The zero-order valence-corrected chi connectivity index (χ0v) is 51.9. The summed E-state index contributed by atoms with van der Waals surface area (Å²) in [5, 5.41) is 36.5. The Morgan fingerprint density at radius 3 is 1.21 bits per heavy atom. The Morgan fingerprint density at radius 1 is 0.468 bits per heavy atom. The van der Waals surface area contributed by atoms with Gasteiger partial charge < -0.3 is 34.6 Å². The van der Waals surface area contributed by atoms with Gasteiger partial charge in [0.2, 0.25) is 0 Å². The van der Waals surface area contributed by atoms with Gasteiger partial charge in [0.1, 0.15) is 18.3 Å². The molecule has 0 radical (unpaired) electrons. The van der Waals surface area contributed by atoms with Crippen LogP contribution >= 0.6 is 0 Å². The third kappa shape index (κ3) is 21.6. The van der Waals surface area contributed by atoms with Gasteiger partial charge in [0.15, 0.2) is 0 Å². The molecule has 0 aliphatic carbocycles. The third-order valence-corrected chi connectivity index (χ3v) is 16.1. The van der Waals surface area contributed by atoms with E-state index in [0.29, 0.717) is 44.1 Å². The summed E-state index contributed by atoms with van der Waals surface area (Å²) >= 11 is 0. The first kappa shape index (κ1) is 68.5. The number of nitrogens with zero attached hydrogens (tertiary/aromatic N) is 4. The number of hydrogen-bond acceptors (Lipinski definition) is 15. The number of ether oxygens (including phenoxy) is 3. The molecular weight excluding hydrogens is 977 g/mol. The van der Waals surface area contributed by atoms with E-state index in [0.717, 1.165) is 77.2 Å². The van der Waals surface area contributed by atoms with Crippen LogP contribution in [-0.2, 0) is 33.5 Å². The van der Waals surface area contributed by atoms with Crippen molar-refractivity contribution in [3.63, 3.8) is 0 Å². The van der Waals surface area contributed by atoms with E-state index in [4.69, 9.17) is 23.9 Å². The van der Waals surface area contributed by atoms with Crippen LogP contribution in [0.5, 0.6) is 0 Å². The molecule has 4 saturated heterocycles. The lowest BCUT2D eigenvalue weighted by Gasteiger charge is -2.53. The van der Waals surface area contributed by atoms with Crippen LogP contribution < -0.4 is 0 Å². The second kappa shape index (κ2) is 29.3. The van der Waals surface area contributed by atoms with E-state index in [-0.39, 0.29) is 75.6 Å². The number of benzene rings is 1. The van der Waals surface area contributed by atoms with Crippen molar-refractivity contribution >= 4 is 17.9 Å². The van der Waals surface area contributed by atoms with Crippen LogP contribution in [0, 0.1) is 0 Å². The van der Waals surface area contributed by atoms with Crippen molar-refractivity contribution in [3.8, 4) is 0 Å². The summed E-state index contributed by atoms with van der Waals surface area (Å²) in [6, 6.07) is 9.01. The molecular formula is C62H112N4O11. The Balaban J connectivity index is 0.000000393. The molecule has 4 fully saturated rings. The third-order valence-electron chi connectivity index (χ3n) is 16.1. The number of carbonyl (C=O) groups is 3. The van der Waals surface area contributed by atoms with Crippen LogP contribution in [0.25, 0.3) is 0 Å². The van der Waals surface area contributed by atoms with Crippen LogP contribution in [0.4, 0.5) is 0 Å². The monoisotopic (exact) mass is 1090 g/mol. The lowest BCUT2D eigenvalue weighted by Crippen LogP contribution is -2.62. The molecule has 1 aromatic carbocycles. The predicted molar refractivity (Wildman–Crippen MR) is 305 cm³/mol. The topological polar surface area (TPSA) is 171 Å². The Hall–Kier alpha value is -2.73. The largest absolute Gasteiger partial charge is 0.462 e. The van der Waals surface area contributed by atoms with Gasteiger partial charge in [-0.2, -0.15) is 20.3 Å². The smallest absolute Gasteiger partial charge is 0.338 e. The van der Waals surface area contributed by atoms with E-state index in [2.05, 4.69) is 67.4 Å². The van der Waals surface area contributed by atoms with Crippen molar-refractivity contribution in [3.05, 3.63) is 35.9 Å². The van der Waals surface area contributed by atoms with Crippen LogP contribution in [-0.4, -0.2) is 136 Å². The van der Waals surface area contributed by atoms with Crippen LogP contribution in [0.2, 0.25) is 0 Å². The zero-order chi connectivity index (χ0) is 58.3. The molecule has 77 heavy (non-hydrogen) atoms. The molecule has 15 nitrogen and oxygen atoms in total. The molecule has 446 valence electrons. The van der Waals surface area contributed by atoms with Gasteiger partial charge in [0.05, 0.1) is 25.4 Å². The lowest BCUT2D eigenvalue weighted by atomic mass is 9.80.